The molecule has 2 heterocycles. The molecule has 0 spiro atoms. The number of anilines is 1. The number of hydrogen-bond acceptors (Lipinski definition) is 4. The molecule has 0 bridgehead atoms. The number of benzene rings is 3. The summed E-state index contributed by atoms with van der Waals surface area (Å²) in [4.78, 5) is 17.6. The molecule has 5 rings (SSSR count). The lowest BCUT2D eigenvalue weighted by Gasteiger charge is -2.14. The molecule has 0 fully saturated rings. The maximum absolute atomic E-state index is 13.1. The molecule has 0 aliphatic rings. The first-order chi connectivity index (χ1) is 17.4. The maximum Gasteiger partial charge on any atom is 0.248 e. The van der Waals surface area contributed by atoms with Crippen molar-refractivity contribution < 1.29 is 13.9 Å². The zero-order valence-electron chi connectivity index (χ0n) is 21.1. The summed E-state index contributed by atoms with van der Waals surface area (Å²) in [6.07, 6.45) is 3.39. The number of nitrogens with one attached hydrogen (secondary N) is 1. The van der Waals surface area contributed by atoms with Crippen LogP contribution in [-0.2, 0) is 4.79 Å². The van der Waals surface area contributed by atoms with Crippen molar-refractivity contribution in [2.24, 2.45) is 0 Å². The number of methoxy groups -OCH3 is 1. The lowest BCUT2D eigenvalue weighted by Crippen LogP contribution is -2.09. The lowest BCUT2D eigenvalue weighted by atomic mass is 9.96. The second-order valence-corrected chi connectivity index (χ2v) is 9.12. The summed E-state index contributed by atoms with van der Waals surface area (Å²) in [5.41, 5.74) is 9.11. The van der Waals surface area contributed by atoms with Crippen LogP contribution in [0, 0.1) is 20.8 Å². The molecule has 36 heavy (non-hydrogen) atoms. The Hall–Kier alpha value is -4.38. The fourth-order valence-electron chi connectivity index (χ4n) is 4.64. The van der Waals surface area contributed by atoms with Gasteiger partial charge in [-0.3, -0.25) is 9.78 Å². The zero-order chi connectivity index (χ0) is 25.4. The predicted octanol–water partition coefficient (Wildman–Crippen LogP) is 7.62. The van der Waals surface area contributed by atoms with Gasteiger partial charge in [-0.2, -0.15) is 0 Å². The largest absolute Gasteiger partial charge is 0.496 e. The van der Waals surface area contributed by atoms with Crippen molar-refractivity contribution in [1.82, 2.24) is 4.98 Å². The molecular weight excluding hydrogens is 448 g/mol. The van der Waals surface area contributed by atoms with Gasteiger partial charge in [-0.15, -0.1) is 0 Å². The van der Waals surface area contributed by atoms with Crippen LogP contribution >= 0.6 is 0 Å². The van der Waals surface area contributed by atoms with Crippen LogP contribution in [0.2, 0.25) is 0 Å². The highest BCUT2D eigenvalue weighted by Gasteiger charge is 2.19. The van der Waals surface area contributed by atoms with Crippen molar-refractivity contribution in [3.05, 3.63) is 95.4 Å². The van der Waals surface area contributed by atoms with E-state index >= 15 is 0 Å². The van der Waals surface area contributed by atoms with Gasteiger partial charge in [-0.1, -0.05) is 35.9 Å². The molecule has 0 aliphatic heterocycles. The van der Waals surface area contributed by atoms with Gasteiger partial charge < -0.3 is 14.5 Å². The van der Waals surface area contributed by atoms with Gasteiger partial charge in [0.1, 0.15) is 11.3 Å². The molecule has 1 N–H and O–H groups in total. The van der Waals surface area contributed by atoms with E-state index in [1.165, 1.54) is 5.56 Å². The predicted molar refractivity (Wildman–Crippen MR) is 146 cm³/mol. The number of ether oxygens (including phenoxy) is 1. The van der Waals surface area contributed by atoms with Crippen molar-refractivity contribution in [3.63, 3.8) is 0 Å². The Labute approximate surface area is 210 Å². The number of amides is 1. The Morgan fingerprint density at radius 1 is 1.00 bits per heavy atom. The standard InChI is InChI=1S/C31H28N2O3/c1-18-9-12-22(13-10-18)26-17-36-31-21(4)30(35-5)24(16-25(26)31)19(2)15-29(34)33-28-8-6-7-27-23(28)14-11-20(3)32-27/h6-17H,1-5H3,(H,33,34)/b19-15+. The molecule has 180 valence electrons. The first-order valence-electron chi connectivity index (χ1n) is 11.9. The molecule has 0 saturated carbocycles. The molecule has 3 aromatic carbocycles. The fraction of sp³-hybridized carbons (Fsp3) is 0.161. The van der Waals surface area contributed by atoms with E-state index in [1.54, 1.807) is 19.4 Å². The van der Waals surface area contributed by atoms with Crippen LogP contribution in [0.4, 0.5) is 5.69 Å². The van der Waals surface area contributed by atoms with Crippen molar-refractivity contribution in [2.45, 2.75) is 27.7 Å². The molecule has 0 radical (unpaired) electrons. The van der Waals surface area contributed by atoms with E-state index in [4.69, 9.17) is 9.15 Å². The normalized spacial score (nSPS) is 11.8. The number of hydrogen-bond donors (Lipinski definition) is 1. The van der Waals surface area contributed by atoms with Crippen LogP contribution in [0.25, 0.3) is 38.6 Å². The second-order valence-electron chi connectivity index (χ2n) is 9.12. The van der Waals surface area contributed by atoms with E-state index in [1.807, 2.05) is 57.2 Å². The average Bonchev–Trinajstić information content (AvgIpc) is 3.28. The van der Waals surface area contributed by atoms with Crippen molar-refractivity contribution in [1.29, 1.82) is 0 Å². The van der Waals surface area contributed by atoms with E-state index in [2.05, 4.69) is 41.5 Å². The quantitative estimate of drug-likeness (QED) is 0.265. The molecule has 0 atom stereocenters. The molecule has 0 aliphatic carbocycles. The number of fused-ring (bicyclic) bond motifs is 2. The molecule has 5 aromatic rings. The van der Waals surface area contributed by atoms with Crippen molar-refractivity contribution in [2.75, 3.05) is 12.4 Å². The van der Waals surface area contributed by atoms with Gasteiger partial charge in [-0.05, 0) is 69.2 Å². The SMILES string of the molecule is COc1c(/C(C)=C/C(=O)Nc2cccc3nc(C)ccc23)cc2c(-c3ccc(C)cc3)coc2c1C. The van der Waals surface area contributed by atoms with Gasteiger partial charge in [0.2, 0.25) is 5.91 Å². The minimum absolute atomic E-state index is 0.216. The first-order valence-corrected chi connectivity index (χ1v) is 11.9. The minimum Gasteiger partial charge on any atom is -0.496 e. The van der Waals surface area contributed by atoms with E-state index in [0.717, 1.165) is 61.1 Å². The number of aromatic nitrogens is 1. The maximum atomic E-state index is 13.1. The molecule has 1 amide bonds. The van der Waals surface area contributed by atoms with E-state index in [-0.39, 0.29) is 5.91 Å². The summed E-state index contributed by atoms with van der Waals surface area (Å²) in [7, 11) is 1.64. The number of rotatable bonds is 5. The smallest absolute Gasteiger partial charge is 0.248 e. The van der Waals surface area contributed by atoms with Gasteiger partial charge in [0.15, 0.2) is 0 Å². The lowest BCUT2D eigenvalue weighted by molar-refractivity contribution is -0.111. The average molecular weight is 477 g/mol. The van der Waals surface area contributed by atoms with Crippen LogP contribution in [0.1, 0.15) is 29.3 Å². The molecule has 5 heteroatoms. The molecular formula is C31H28N2O3. The van der Waals surface area contributed by atoms with Crippen LogP contribution in [0.15, 0.2) is 77.4 Å². The highest BCUT2D eigenvalue weighted by molar-refractivity contribution is 6.09. The summed E-state index contributed by atoms with van der Waals surface area (Å²) in [5, 5.41) is 4.90. The summed E-state index contributed by atoms with van der Waals surface area (Å²) in [6, 6.07) is 20.1. The van der Waals surface area contributed by atoms with Crippen LogP contribution in [0.3, 0.4) is 0 Å². The third-order valence-electron chi connectivity index (χ3n) is 6.51. The highest BCUT2D eigenvalue weighted by Crippen LogP contribution is 2.40. The van der Waals surface area contributed by atoms with Gasteiger partial charge in [-0.25, -0.2) is 0 Å². The Bertz CT molecular complexity index is 1640. The Balaban J connectivity index is 1.54. The van der Waals surface area contributed by atoms with Gasteiger partial charge in [0.05, 0.1) is 24.6 Å². The minimum atomic E-state index is -0.216. The highest BCUT2D eigenvalue weighted by atomic mass is 16.5. The van der Waals surface area contributed by atoms with Gasteiger partial charge in [0, 0.05) is 39.2 Å². The van der Waals surface area contributed by atoms with E-state index in [9.17, 15) is 4.79 Å². The number of nitrogens with zero attached hydrogens (tertiary/aromatic N) is 1. The Morgan fingerprint density at radius 3 is 2.53 bits per heavy atom. The second kappa shape index (κ2) is 9.34. The topological polar surface area (TPSA) is 64.4 Å². The fourth-order valence-corrected chi connectivity index (χ4v) is 4.64. The number of furan rings is 1. The summed E-state index contributed by atoms with van der Waals surface area (Å²) in [5.74, 6) is 0.477. The van der Waals surface area contributed by atoms with E-state index in [0.29, 0.717) is 5.75 Å². The monoisotopic (exact) mass is 476 g/mol. The molecule has 5 nitrogen and oxygen atoms in total. The third-order valence-corrected chi connectivity index (χ3v) is 6.51. The summed E-state index contributed by atoms with van der Waals surface area (Å²) >= 11 is 0. The number of aryl methyl sites for hydroxylation is 3. The van der Waals surface area contributed by atoms with Crippen LogP contribution in [-0.4, -0.2) is 18.0 Å². The third kappa shape index (κ3) is 4.24. The molecule has 0 unspecified atom stereocenters. The van der Waals surface area contributed by atoms with Crippen LogP contribution < -0.4 is 10.1 Å². The van der Waals surface area contributed by atoms with Gasteiger partial charge >= 0.3 is 0 Å². The Morgan fingerprint density at radius 2 is 1.78 bits per heavy atom. The summed E-state index contributed by atoms with van der Waals surface area (Å²) in [6.45, 7) is 7.92. The number of pyridine rings is 1. The van der Waals surface area contributed by atoms with Gasteiger partial charge in [0.25, 0.3) is 0 Å². The molecule has 0 saturated heterocycles. The molecule has 2 aromatic heterocycles. The summed E-state index contributed by atoms with van der Waals surface area (Å²) < 4.78 is 11.7. The first kappa shape index (κ1) is 23.4. The van der Waals surface area contributed by atoms with Crippen molar-refractivity contribution >= 4 is 39.0 Å². The van der Waals surface area contributed by atoms with E-state index < -0.39 is 0 Å². The number of carbonyl (C=O) groups is 1. The zero-order valence-corrected chi connectivity index (χ0v) is 21.1. The number of allylic oxidation sites excluding steroid dienone is 1. The number of carbonyl (C=O) groups excluding carboxylic acids is 1. The Kier molecular flexibility index (Phi) is 6.06. The van der Waals surface area contributed by atoms with Crippen molar-refractivity contribution in [3.8, 4) is 16.9 Å². The van der Waals surface area contributed by atoms with Crippen LogP contribution in [0.5, 0.6) is 5.75 Å².